The normalized spacial score (nSPS) is 16.5. The summed E-state index contributed by atoms with van der Waals surface area (Å²) in [4.78, 5) is 17.6. The van der Waals surface area contributed by atoms with E-state index in [1.165, 1.54) is 19.3 Å². The van der Waals surface area contributed by atoms with Crippen molar-refractivity contribution in [1.29, 1.82) is 0 Å². The molecule has 98 valence electrons. The fourth-order valence-electron chi connectivity index (χ4n) is 2.12. The quantitative estimate of drug-likeness (QED) is 0.478. The fraction of sp³-hybridized carbons (Fsp3) is 0.636. The van der Waals surface area contributed by atoms with Gasteiger partial charge in [0.15, 0.2) is 0 Å². The van der Waals surface area contributed by atoms with Crippen LogP contribution in [0.3, 0.4) is 0 Å². The Balaban J connectivity index is 2.03. The molecule has 2 rings (SSSR count). The summed E-state index contributed by atoms with van der Waals surface area (Å²) in [6, 6.07) is 0. The van der Waals surface area contributed by atoms with Gasteiger partial charge in [-0.2, -0.15) is 4.98 Å². The van der Waals surface area contributed by atoms with Crippen LogP contribution in [0.1, 0.15) is 32.1 Å². The predicted octanol–water partition coefficient (Wildman–Crippen LogP) is 3.00. The maximum absolute atomic E-state index is 10.8. The number of ether oxygens (including phenoxy) is 1. The minimum absolute atomic E-state index is 0.0365. The highest BCUT2D eigenvalue weighted by Crippen LogP contribution is 2.28. The van der Waals surface area contributed by atoms with Gasteiger partial charge in [0.2, 0.25) is 5.28 Å². The molecule has 0 aromatic carbocycles. The van der Waals surface area contributed by atoms with E-state index in [-0.39, 0.29) is 16.9 Å². The van der Waals surface area contributed by atoms with Gasteiger partial charge >= 0.3 is 5.69 Å². The molecule has 1 aromatic rings. The molecule has 0 unspecified atom stereocenters. The second-order valence-corrected chi connectivity index (χ2v) is 4.74. The second-order valence-electron chi connectivity index (χ2n) is 4.40. The largest absolute Gasteiger partial charge is 0.472 e. The Morgan fingerprint density at radius 3 is 2.83 bits per heavy atom. The number of hydrogen-bond donors (Lipinski definition) is 0. The summed E-state index contributed by atoms with van der Waals surface area (Å²) in [6.07, 6.45) is 6.93. The Bertz CT molecular complexity index is 436. The highest BCUT2D eigenvalue weighted by atomic mass is 35.5. The molecule has 0 radical (unpaired) electrons. The summed E-state index contributed by atoms with van der Waals surface area (Å²) in [5.41, 5.74) is -0.241. The Kier molecular flexibility index (Phi) is 4.30. The van der Waals surface area contributed by atoms with Crippen LogP contribution in [0.15, 0.2) is 6.20 Å². The van der Waals surface area contributed by atoms with Crippen LogP contribution in [0.5, 0.6) is 5.88 Å². The Hall–Kier alpha value is -1.43. The van der Waals surface area contributed by atoms with E-state index in [0.29, 0.717) is 12.5 Å². The first kappa shape index (κ1) is 13.0. The number of rotatable bonds is 4. The number of halogens is 1. The van der Waals surface area contributed by atoms with Crippen LogP contribution in [-0.4, -0.2) is 21.5 Å². The van der Waals surface area contributed by atoms with Crippen LogP contribution < -0.4 is 4.74 Å². The third kappa shape index (κ3) is 3.29. The van der Waals surface area contributed by atoms with Crippen molar-refractivity contribution in [2.75, 3.05) is 6.61 Å². The molecular formula is C11H14ClN3O3. The van der Waals surface area contributed by atoms with E-state index in [4.69, 9.17) is 16.3 Å². The summed E-state index contributed by atoms with van der Waals surface area (Å²) in [7, 11) is 0. The molecule has 18 heavy (non-hydrogen) atoms. The molecule has 0 spiro atoms. The summed E-state index contributed by atoms with van der Waals surface area (Å²) in [6.45, 7) is 0.453. The monoisotopic (exact) mass is 271 g/mol. The van der Waals surface area contributed by atoms with Crippen LogP contribution in [0, 0.1) is 16.0 Å². The highest BCUT2D eigenvalue weighted by Gasteiger charge is 2.21. The van der Waals surface area contributed by atoms with Gasteiger partial charge in [-0.15, -0.1) is 0 Å². The van der Waals surface area contributed by atoms with E-state index in [2.05, 4.69) is 9.97 Å². The molecule has 0 aliphatic heterocycles. The molecule has 1 aliphatic rings. The molecule has 0 atom stereocenters. The van der Waals surface area contributed by atoms with Crippen LogP contribution in [0.4, 0.5) is 5.69 Å². The van der Waals surface area contributed by atoms with E-state index in [1.54, 1.807) is 0 Å². The van der Waals surface area contributed by atoms with Crippen molar-refractivity contribution in [2.45, 2.75) is 32.1 Å². The van der Waals surface area contributed by atoms with Gasteiger partial charge in [0.1, 0.15) is 6.20 Å². The molecule has 0 saturated heterocycles. The lowest BCUT2D eigenvalue weighted by Crippen LogP contribution is -2.16. The van der Waals surface area contributed by atoms with Crippen LogP contribution in [-0.2, 0) is 0 Å². The lowest BCUT2D eigenvalue weighted by Gasteiger charge is -2.21. The Morgan fingerprint density at radius 2 is 2.17 bits per heavy atom. The first-order chi connectivity index (χ1) is 8.66. The molecular weight excluding hydrogens is 258 g/mol. The van der Waals surface area contributed by atoms with E-state index in [0.717, 1.165) is 19.0 Å². The molecule has 1 fully saturated rings. The lowest BCUT2D eigenvalue weighted by atomic mass is 9.90. The van der Waals surface area contributed by atoms with Gasteiger partial charge in [0, 0.05) is 0 Å². The molecule has 0 bridgehead atoms. The SMILES string of the molecule is O=[N+]([O-])c1cnc(Cl)nc1OCC1CCCCC1. The van der Waals surface area contributed by atoms with Gasteiger partial charge in [0.05, 0.1) is 11.5 Å². The first-order valence-corrected chi connectivity index (χ1v) is 6.34. The van der Waals surface area contributed by atoms with Gasteiger partial charge in [-0.05, 0) is 30.4 Å². The van der Waals surface area contributed by atoms with Crippen molar-refractivity contribution in [3.63, 3.8) is 0 Å². The molecule has 6 nitrogen and oxygen atoms in total. The van der Waals surface area contributed by atoms with Crippen LogP contribution in [0.2, 0.25) is 5.28 Å². The smallest absolute Gasteiger partial charge is 0.349 e. The minimum Gasteiger partial charge on any atom is -0.472 e. The topological polar surface area (TPSA) is 78.2 Å². The zero-order valence-electron chi connectivity index (χ0n) is 9.84. The average Bonchev–Trinajstić information content (AvgIpc) is 2.37. The number of aromatic nitrogens is 2. The van der Waals surface area contributed by atoms with Crippen molar-refractivity contribution in [3.05, 3.63) is 21.6 Å². The second kappa shape index (κ2) is 5.95. The van der Waals surface area contributed by atoms with Crippen molar-refractivity contribution < 1.29 is 9.66 Å². The average molecular weight is 272 g/mol. The third-order valence-corrected chi connectivity index (χ3v) is 3.27. The van der Waals surface area contributed by atoms with Gasteiger partial charge in [-0.25, -0.2) is 4.98 Å². The summed E-state index contributed by atoms with van der Waals surface area (Å²) in [5.74, 6) is 0.415. The maximum Gasteiger partial charge on any atom is 0.349 e. The van der Waals surface area contributed by atoms with E-state index < -0.39 is 4.92 Å². The lowest BCUT2D eigenvalue weighted by molar-refractivity contribution is -0.386. The molecule has 7 heteroatoms. The molecule has 1 heterocycles. The van der Waals surface area contributed by atoms with E-state index in [1.807, 2.05) is 0 Å². The summed E-state index contributed by atoms with van der Waals surface area (Å²) < 4.78 is 5.44. The van der Waals surface area contributed by atoms with Gasteiger partial charge in [0.25, 0.3) is 5.88 Å². The molecule has 1 aliphatic carbocycles. The van der Waals surface area contributed by atoms with Crippen molar-refractivity contribution in [1.82, 2.24) is 9.97 Å². The molecule has 1 aromatic heterocycles. The third-order valence-electron chi connectivity index (χ3n) is 3.08. The Morgan fingerprint density at radius 1 is 1.44 bits per heavy atom. The van der Waals surface area contributed by atoms with Gasteiger partial charge in [-0.3, -0.25) is 10.1 Å². The molecule has 1 saturated carbocycles. The van der Waals surface area contributed by atoms with E-state index >= 15 is 0 Å². The summed E-state index contributed by atoms with van der Waals surface area (Å²) in [5, 5.41) is 10.7. The van der Waals surface area contributed by atoms with Crippen LogP contribution >= 0.6 is 11.6 Å². The first-order valence-electron chi connectivity index (χ1n) is 5.96. The highest BCUT2D eigenvalue weighted by molar-refractivity contribution is 6.28. The van der Waals surface area contributed by atoms with Crippen LogP contribution in [0.25, 0.3) is 0 Å². The molecule has 0 N–H and O–H groups in total. The standard InChI is InChI=1S/C11H14ClN3O3/c12-11-13-6-9(15(16)17)10(14-11)18-7-8-4-2-1-3-5-8/h6,8H,1-5,7H2. The van der Waals surface area contributed by atoms with Gasteiger partial charge < -0.3 is 4.74 Å². The Labute approximate surface area is 109 Å². The zero-order chi connectivity index (χ0) is 13.0. The van der Waals surface area contributed by atoms with Crippen molar-refractivity contribution in [2.24, 2.45) is 5.92 Å². The summed E-state index contributed by atoms with van der Waals surface area (Å²) >= 11 is 5.62. The maximum atomic E-state index is 10.8. The predicted molar refractivity (Wildman–Crippen MR) is 65.8 cm³/mol. The van der Waals surface area contributed by atoms with Crippen molar-refractivity contribution in [3.8, 4) is 5.88 Å². The fourth-order valence-corrected chi connectivity index (χ4v) is 2.25. The molecule has 0 amide bonds. The number of nitro groups is 1. The zero-order valence-corrected chi connectivity index (χ0v) is 10.6. The van der Waals surface area contributed by atoms with E-state index in [9.17, 15) is 10.1 Å². The minimum atomic E-state index is -0.563. The number of nitrogens with zero attached hydrogens (tertiary/aromatic N) is 3. The number of hydrogen-bond acceptors (Lipinski definition) is 5. The van der Waals surface area contributed by atoms with Crippen molar-refractivity contribution >= 4 is 17.3 Å². The van der Waals surface area contributed by atoms with Gasteiger partial charge in [-0.1, -0.05) is 19.3 Å².